The molecule has 0 radical (unpaired) electrons. The van der Waals surface area contributed by atoms with Crippen LogP contribution in [-0.4, -0.2) is 43.9 Å². The highest BCUT2D eigenvalue weighted by Gasteiger charge is 2.29. The van der Waals surface area contributed by atoms with Crippen LogP contribution in [0.1, 0.15) is 47.5 Å². The molecule has 7 nitrogen and oxygen atoms in total. The van der Waals surface area contributed by atoms with Gasteiger partial charge in [-0.25, -0.2) is 8.42 Å². The number of anilines is 1. The third-order valence-corrected chi connectivity index (χ3v) is 6.18. The molecule has 3 N–H and O–H groups in total. The zero-order valence-corrected chi connectivity index (χ0v) is 18.4. The van der Waals surface area contributed by atoms with E-state index in [0.29, 0.717) is 31.8 Å². The largest absolute Gasteiger partial charge is 0.492 e. The number of carbonyl (C=O) groups excluding carboxylic acids is 1. The molecule has 0 spiro atoms. The van der Waals surface area contributed by atoms with Gasteiger partial charge in [-0.15, -0.1) is 12.4 Å². The minimum Gasteiger partial charge on any atom is -0.492 e. The van der Waals surface area contributed by atoms with Gasteiger partial charge in [-0.1, -0.05) is 27.2 Å². The van der Waals surface area contributed by atoms with E-state index in [4.69, 9.17) is 10.5 Å². The molecule has 0 bridgehead atoms. The molecule has 0 saturated heterocycles. The summed E-state index contributed by atoms with van der Waals surface area (Å²) >= 11 is 0. The van der Waals surface area contributed by atoms with Crippen LogP contribution in [0.5, 0.6) is 5.75 Å². The number of ether oxygens (including phenoxy) is 1. The molecule has 156 valence electrons. The second-order valence-corrected chi connectivity index (χ2v) is 8.21. The first-order valence-corrected chi connectivity index (χ1v) is 10.4. The van der Waals surface area contributed by atoms with Gasteiger partial charge in [-0.3, -0.25) is 4.79 Å². The van der Waals surface area contributed by atoms with Crippen LogP contribution < -0.4 is 15.8 Å². The van der Waals surface area contributed by atoms with E-state index in [9.17, 15) is 13.2 Å². The first-order valence-electron chi connectivity index (χ1n) is 9.01. The van der Waals surface area contributed by atoms with Crippen molar-refractivity contribution in [3.8, 4) is 5.75 Å². The fraction of sp³-hybridized carbons (Fsp3) is 0.611. The lowest BCUT2D eigenvalue weighted by Crippen LogP contribution is -2.48. The highest BCUT2D eigenvalue weighted by Crippen LogP contribution is 2.30. The molecule has 0 aliphatic rings. The first kappa shape index (κ1) is 25.6. The molecule has 1 aromatic rings. The molecule has 1 unspecified atom stereocenters. The Balaban J connectivity index is 0.00000676. The van der Waals surface area contributed by atoms with Crippen LogP contribution in [0.3, 0.4) is 0 Å². The van der Waals surface area contributed by atoms with E-state index in [1.807, 2.05) is 6.92 Å². The van der Waals surface area contributed by atoms with Gasteiger partial charge in [0, 0.05) is 18.8 Å². The maximum atomic E-state index is 12.9. The minimum atomic E-state index is -3.73. The maximum Gasteiger partial charge on any atom is 0.246 e. The Morgan fingerprint density at radius 1 is 1.22 bits per heavy atom. The number of halogens is 1. The van der Waals surface area contributed by atoms with Gasteiger partial charge in [0.25, 0.3) is 0 Å². The van der Waals surface area contributed by atoms with Crippen molar-refractivity contribution in [2.24, 2.45) is 5.73 Å². The van der Waals surface area contributed by atoms with Crippen molar-refractivity contribution in [2.45, 2.75) is 57.9 Å². The Hall–Kier alpha value is -1.35. The monoisotopic (exact) mass is 421 g/mol. The highest BCUT2D eigenvalue weighted by molar-refractivity contribution is 7.89. The van der Waals surface area contributed by atoms with Crippen molar-refractivity contribution in [2.75, 3.05) is 25.0 Å². The molecule has 9 heteroatoms. The molecule has 0 aliphatic carbocycles. The zero-order valence-electron chi connectivity index (χ0n) is 16.7. The van der Waals surface area contributed by atoms with Gasteiger partial charge in [0.1, 0.15) is 10.6 Å². The molecule has 0 aliphatic heterocycles. The van der Waals surface area contributed by atoms with Crippen LogP contribution in [0.2, 0.25) is 0 Å². The Bertz CT molecular complexity index is 719. The average Bonchev–Trinajstić information content (AvgIpc) is 2.57. The van der Waals surface area contributed by atoms with Gasteiger partial charge >= 0.3 is 0 Å². The lowest BCUT2D eigenvalue weighted by molar-refractivity contribution is -0.120. The topological polar surface area (TPSA) is 102 Å². The Kier molecular flexibility index (Phi) is 10.3. The summed E-state index contributed by atoms with van der Waals surface area (Å²) in [6, 6.07) is 4.61. The van der Waals surface area contributed by atoms with Gasteiger partial charge in [-0.2, -0.15) is 4.31 Å². The van der Waals surface area contributed by atoms with Gasteiger partial charge in [0.2, 0.25) is 15.9 Å². The number of carbonyl (C=O) groups is 1. The molecule has 27 heavy (non-hydrogen) atoms. The number of hydrogen-bond acceptors (Lipinski definition) is 5. The summed E-state index contributed by atoms with van der Waals surface area (Å²) in [5.74, 6) is -0.0869. The molecule has 0 aromatic heterocycles. The SMILES string of the molecule is CCCC(C)(N)C(=O)Nc1ccc(OCC)c(S(=O)(=O)N(CC)CC)c1.Cl. The number of nitrogens with zero attached hydrogens (tertiary/aromatic N) is 1. The number of hydrogen-bond donors (Lipinski definition) is 2. The Morgan fingerprint density at radius 3 is 2.30 bits per heavy atom. The van der Waals surface area contributed by atoms with E-state index in [2.05, 4.69) is 5.32 Å². The van der Waals surface area contributed by atoms with Crippen molar-refractivity contribution in [3.05, 3.63) is 18.2 Å². The summed E-state index contributed by atoms with van der Waals surface area (Å²) in [6.07, 6.45) is 1.30. The summed E-state index contributed by atoms with van der Waals surface area (Å²) in [4.78, 5) is 12.5. The third kappa shape index (κ3) is 6.34. The molecule has 0 fully saturated rings. The number of benzene rings is 1. The summed E-state index contributed by atoms with van der Waals surface area (Å²) in [5.41, 5.74) is 5.40. The molecule has 1 atom stereocenters. The fourth-order valence-corrected chi connectivity index (χ4v) is 4.29. The summed E-state index contributed by atoms with van der Waals surface area (Å²) in [6.45, 7) is 9.97. The molecule has 1 amide bonds. The van der Waals surface area contributed by atoms with Crippen molar-refractivity contribution < 1.29 is 17.9 Å². The number of nitrogens with one attached hydrogen (secondary N) is 1. The Morgan fingerprint density at radius 2 is 1.81 bits per heavy atom. The quantitative estimate of drug-likeness (QED) is 0.604. The van der Waals surface area contributed by atoms with E-state index in [1.54, 1.807) is 39.8 Å². The van der Waals surface area contributed by atoms with Crippen molar-refractivity contribution in [1.82, 2.24) is 4.31 Å². The van der Waals surface area contributed by atoms with Crippen LogP contribution >= 0.6 is 12.4 Å². The first-order chi connectivity index (χ1) is 12.1. The van der Waals surface area contributed by atoms with Crippen LogP contribution in [0.15, 0.2) is 23.1 Å². The number of amides is 1. The highest BCUT2D eigenvalue weighted by atomic mass is 35.5. The summed E-state index contributed by atoms with van der Waals surface area (Å²) < 4.78 is 32.7. The predicted molar refractivity (Wildman–Crippen MR) is 111 cm³/mol. The van der Waals surface area contributed by atoms with Crippen LogP contribution in [0, 0.1) is 0 Å². The van der Waals surface area contributed by atoms with Gasteiger partial charge in [0.15, 0.2) is 0 Å². The normalized spacial score (nSPS) is 13.6. The van der Waals surface area contributed by atoms with Gasteiger partial charge in [-0.05, 0) is 38.5 Å². The van der Waals surface area contributed by atoms with Crippen molar-refractivity contribution in [1.29, 1.82) is 0 Å². The molecule has 1 aromatic carbocycles. The maximum absolute atomic E-state index is 12.9. The standard InChI is InChI=1S/C18H31N3O4S.ClH/c1-6-12-18(5,19)17(22)20-14-10-11-15(25-9-4)16(13-14)26(23,24)21(7-2)8-3;/h10-11,13H,6-9,12,19H2,1-5H3,(H,20,22);1H. The molecule has 0 heterocycles. The minimum absolute atomic E-state index is 0. The second kappa shape index (κ2) is 10.8. The van der Waals surface area contributed by atoms with E-state index in [-0.39, 0.29) is 29.0 Å². The van der Waals surface area contributed by atoms with E-state index < -0.39 is 15.6 Å². The van der Waals surface area contributed by atoms with E-state index in [0.717, 1.165) is 6.42 Å². The molecule has 0 saturated carbocycles. The molecular formula is C18H32ClN3O4S. The number of rotatable bonds is 10. The van der Waals surface area contributed by atoms with E-state index >= 15 is 0 Å². The molecular weight excluding hydrogens is 390 g/mol. The molecule has 1 rings (SSSR count). The van der Waals surface area contributed by atoms with Crippen molar-refractivity contribution in [3.63, 3.8) is 0 Å². The van der Waals surface area contributed by atoms with Crippen LogP contribution in [0.25, 0.3) is 0 Å². The van der Waals surface area contributed by atoms with Gasteiger partial charge < -0.3 is 15.8 Å². The number of nitrogens with two attached hydrogens (primary N) is 1. The predicted octanol–water partition coefficient (Wildman–Crippen LogP) is 2.99. The summed E-state index contributed by atoms with van der Waals surface area (Å²) in [7, 11) is -3.73. The average molecular weight is 422 g/mol. The smallest absolute Gasteiger partial charge is 0.246 e. The van der Waals surface area contributed by atoms with Crippen LogP contribution in [-0.2, 0) is 14.8 Å². The van der Waals surface area contributed by atoms with Gasteiger partial charge in [0.05, 0.1) is 12.1 Å². The van der Waals surface area contributed by atoms with Crippen LogP contribution in [0.4, 0.5) is 5.69 Å². The van der Waals surface area contributed by atoms with E-state index in [1.165, 1.54) is 10.4 Å². The number of sulfonamides is 1. The lowest BCUT2D eigenvalue weighted by atomic mass is 9.96. The zero-order chi connectivity index (χ0) is 20.0. The van der Waals surface area contributed by atoms with Crippen molar-refractivity contribution >= 4 is 34.0 Å². The second-order valence-electron chi connectivity index (χ2n) is 6.31. The fourth-order valence-electron chi connectivity index (χ4n) is 2.67. The summed E-state index contributed by atoms with van der Waals surface area (Å²) in [5, 5.41) is 2.72. The lowest BCUT2D eigenvalue weighted by Gasteiger charge is -2.24. The Labute approximate surface area is 169 Å². The third-order valence-electron chi connectivity index (χ3n) is 4.11.